The molecule has 2 rings (SSSR count). The van der Waals surface area contributed by atoms with E-state index in [1.54, 1.807) is 0 Å². The zero-order chi connectivity index (χ0) is 15.4. The fourth-order valence-corrected chi connectivity index (χ4v) is 2.11. The van der Waals surface area contributed by atoms with E-state index < -0.39 is 4.92 Å². The maximum atomic E-state index is 11.1. The molecule has 1 atom stereocenters. The molecule has 0 aliphatic heterocycles. The predicted octanol–water partition coefficient (Wildman–Crippen LogP) is 3.93. The molecule has 7 heteroatoms. The Labute approximate surface area is 130 Å². The number of nitrogens with one attached hydrogen (secondary N) is 1. The summed E-state index contributed by atoms with van der Waals surface area (Å²) in [5.41, 5.74) is 0.914. The molecule has 0 saturated heterocycles. The summed E-state index contributed by atoms with van der Waals surface area (Å²) in [6.07, 6.45) is 0. The zero-order valence-corrected chi connectivity index (χ0v) is 13.1. The first-order chi connectivity index (χ1) is 10.0. The lowest BCUT2D eigenvalue weighted by molar-refractivity contribution is -0.384. The van der Waals surface area contributed by atoms with Gasteiger partial charge in [-0.1, -0.05) is 28.1 Å². The van der Waals surface area contributed by atoms with Crippen LogP contribution in [0.25, 0.3) is 0 Å². The van der Waals surface area contributed by atoms with E-state index in [1.165, 1.54) is 19.2 Å². The van der Waals surface area contributed by atoms with E-state index in [0.29, 0.717) is 5.88 Å². The monoisotopic (exact) mass is 351 g/mol. The van der Waals surface area contributed by atoms with Crippen molar-refractivity contribution in [1.82, 2.24) is 4.98 Å². The van der Waals surface area contributed by atoms with Crippen LogP contribution < -0.4 is 10.1 Å². The molecule has 1 unspecified atom stereocenters. The summed E-state index contributed by atoms with van der Waals surface area (Å²) in [5, 5.41) is 14.1. The van der Waals surface area contributed by atoms with E-state index in [9.17, 15) is 10.1 Å². The number of pyridine rings is 1. The van der Waals surface area contributed by atoms with E-state index >= 15 is 0 Å². The van der Waals surface area contributed by atoms with Crippen LogP contribution in [0.15, 0.2) is 40.9 Å². The number of anilines is 1. The highest BCUT2D eigenvalue weighted by atomic mass is 79.9. The van der Waals surface area contributed by atoms with Crippen molar-refractivity contribution in [1.29, 1.82) is 0 Å². The molecular weight excluding hydrogens is 338 g/mol. The topological polar surface area (TPSA) is 77.3 Å². The van der Waals surface area contributed by atoms with Gasteiger partial charge in [-0.05, 0) is 24.6 Å². The third-order valence-electron chi connectivity index (χ3n) is 2.98. The van der Waals surface area contributed by atoms with Gasteiger partial charge < -0.3 is 10.1 Å². The Hall–Kier alpha value is -2.15. The zero-order valence-electron chi connectivity index (χ0n) is 11.5. The van der Waals surface area contributed by atoms with Gasteiger partial charge in [0.1, 0.15) is 0 Å². The second-order valence-corrected chi connectivity index (χ2v) is 5.31. The number of aromatic nitrogens is 1. The summed E-state index contributed by atoms with van der Waals surface area (Å²) in [6.45, 7) is 1.91. The van der Waals surface area contributed by atoms with Crippen molar-refractivity contribution < 1.29 is 9.66 Å². The third kappa shape index (κ3) is 3.69. The molecule has 2 aromatic rings. The first-order valence-corrected chi connectivity index (χ1v) is 7.02. The molecule has 0 amide bonds. The van der Waals surface area contributed by atoms with Crippen LogP contribution >= 0.6 is 15.9 Å². The van der Waals surface area contributed by atoms with Crippen LogP contribution in [0.5, 0.6) is 5.88 Å². The smallest absolute Gasteiger partial charge is 0.311 e. The fourth-order valence-electron chi connectivity index (χ4n) is 1.84. The van der Waals surface area contributed by atoms with Crippen molar-refractivity contribution in [2.24, 2.45) is 0 Å². The molecule has 1 heterocycles. The minimum atomic E-state index is -0.469. The lowest BCUT2D eigenvalue weighted by Gasteiger charge is -2.15. The number of nitro groups is 1. The minimum Gasteiger partial charge on any atom is -0.481 e. The standard InChI is InChI=1S/C14H14BrN3O3/c1-9(10-3-5-11(15)6-4-10)16-14-12(18(19)20)7-8-13(17-14)21-2/h3-9H,1-2H3,(H,16,17). The van der Waals surface area contributed by atoms with Gasteiger partial charge in [0, 0.05) is 16.6 Å². The molecule has 1 N–H and O–H groups in total. The van der Waals surface area contributed by atoms with Gasteiger partial charge in [-0.2, -0.15) is 4.98 Å². The molecule has 0 aliphatic carbocycles. The second-order valence-electron chi connectivity index (χ2n) is 4.40. The molecule has 1 aromatic carbocycles. The highest BCUT2D eigenvalue weighted by Crippen LogP contribution is 2.28. The Balaban J connectivity index is 2.28. The summed E-state index contributed by atoms with van der Waals surface area (Å²) in [7, 11) is 1.47. The van der Waals surface area contributed by atoms with Gasteiger partial charge in [0.2, 0.25) is 11.7 Å². The van der Waals surface area contributed by atoms with Gasteiger partial charge in [-0.25, -0.2) is 0 Å². The average Bonchev–Trinajstić information content (AvgIpc) is 2.47. The molecule has 110 valence electrons. The molecule has 0 aliphatic rings. The first kappa shape index (κ1) is 15.2. The van der Waals surface area contributed by atoms with E-state index in [1.807, 2.05) is 31.2 Å². The first-order valence-electron chi connectivity index (χ1n) is 6.22. The van der Waals surface area contributed by atoms with E-state index in [4.69, 9.17) is 4.74 Å². The SMILES string of the molecule is COc1ccc([N+](=O)[O-])c(NC(C)c2ccc(Br)cc2)n1. The third-order valence-corrected chi connectivity index (χ3v) is 3.51. The van der Waals surface area contributed by atoms with Crippen LogP contribution in [-0.4, -0.2) is 17.0 Å². The molecule has 21 heavy (non-hydrogen) atoms. The summed E-state index contributed by atoms with van der Waals surface area (Å²) >= 11 is 3.37. The highest BCUT2D eigenvalue weighted by Gasteiger charge is 2.18. The highest BCUT2D eigenvalue weighted by molar-refractivity contribution is 9.10. The maximum Gasteiger partial charge on any atom is 0.311 e. The second kappa shape index (κ2) is 6.53. The Kier molecular flexibility index (Phi) is 4.74. The number of methoxy groups -OCH3 is 1. The van der Waals surface area contributed by atoms with Crippen LogP contribution in [0.3, 0.4) is 0 Å². The van der Waals surface area contributed by atoms with Crippen molar-refractivity contribution in [3.05, 3.63) is 56.5 Å². The Morgan fingerprint density at radius 1 is 1.29 bits per heavy atom. The minimum absolute atomic E-state index is 0.0836. The largest absolute Gasteiger partial charge is 0.481 e. The van der Waals surface area contributed by atoms with E-state index in [2.05, 4.69) is 26.2 Å². The van der Waals surface area contributed by atoms with Gasteiger partial charge in [-0.3, -0.25) is 10.1 Å². The van der Waals surface area contributed by atoms with Crippen LogP contribution in [0, 0.1) is 10.1 Å². The molecule has 1 aromatic heterocycles. The number of hydrogen-bond donors (Lipinski definition) is 1. The molecule has 0 radical (unpaired) electrons. The molecule has 0 spiro atoms. The summed E-state index contributed by atoms with van der Waals surface area (Å²) in [6, 6.07) is 10.4. The van der Waals surface area contributed by atoms with Gasteiger partial charge in [0.05, 0.1) is 18.1 Å². The molecule has 6 nitrogen and oxygen atoms in total. The van der Waals surface area contributed by atoms with Gasteiger partial charge in [0.15, 0.2) is 0 Å². The van der Waals surface area contributed by atoms with Crippen molar-refractivity contribution in [2.75, 3.05) is 12.4 Å². The van der Waals surface area contributed by atoms with E-state index in [-0.39, 0.29) is 17.5 Å². The quantitative estimate of drug-likeness (QED) is 0.652. The fraction of sp³-hybridized carbons (Fsp3) is 0.214. The number of hydrogen-bond acceptors (Lipinski definition) is 5. The number of rotatable bonds is 5. The van der Waals surface area contributed by atoms with Crippen LogP contribution in [0.4, 0.5) is 11.5 Å². The number of ether oxygens (including phenoxy) is 1. The predicted molar refractivity (Wildman–Crippen MR) is 83.6 cm³/mol. The summed E-state index contributed by atoms with van der Waals surface area (Å²) in [5.74, 6) is 0.515. The van der Waals surface area contributed by atoms with Gasteiger partial charge >= 0.3 is 5.69 Å². The molecule has 0 fully saturated rings. The Morgan fingerprint density at radius 3 is 2.52 bits per heavy atom. The number of halogens is 1. The molecule has 0 bridgehead atoms. The Bertz CT molecular complexity index is 646. The van der Waals surface area contributed by atoms with Gasteiger partial charge in [-0.15, -0.1) is 0 Å². The van der Waals surface area contributed by atoms with Gasteiger partial charge in [0.25, 0.3) is 0 Å². The Morgan fingerprint density at radius 2 is 1.95 bits per heavy atom. The number of nitrogens with zero attached hydrogens (tertiary/aromatic N) is 2. The lowest BCUT2D eigenvalue weighted by Crippen LogP contribution is -2.10. The normalized spacial score (nSPS) is 11.8. The van der Waals surface area contributed by atoms with Crippen molar-refractivity contribution in [3.8, 4) is 5.88 Å². The maximum absolute atomic E-state index is 11.1. The summed E-state index contributed by atoms with van der Waals surface area (Å²) in [4.78, 5) is 14.7. The van der Waals surface area contributed by atoms with Crippen molar-refractivity contribution >= 4 is 27.4 Å². The average molecular weight is 352 g/mol. The molecular formula is C14H14BrN3O3. The van der Waals surface area contributed by atoms with Crippen molar-refractivity contribution in [3.63, 3.8) is 0 Å². The van der Waals surface area contributed by atoms with Crippen LogP contribution in [0.1, 0.15) is 18.5 Å². The number of benzene rings is 1. The van der Waals surface area contributed by atoms with Crippen molar-refractivity contribution in [2.45, 2.75) is 13.0 Å². The van der Waals surface area contributed by atoms with Crippen LogP contribution in [-0.2, 0) is 0 Å². The van der Waals surface area contributed by atoms with E-state index in [0.717, 1.165) is 10.0 Å². The molecule has 0 saturated carbocycles. The summed E-state index contributed by atoms with van der Waals surface area (Å²) < 4.78 is 5.99. The van der Waals surface area contributed by atoms with Crippen LogP contribution in [0.2, 0.25) is 0 Å². The lowest BCUT2D eigenvalue weighted by atomic mass is 10.1.